The maximum Gasteiger partial charge on any atom is 0.168 e. The average molecular weight is 240 g/mol. The highest BCUT2D eigenvalue weighted by Crippen LogP contribution is 2.55. The molecule has 0 amide bonds. The van der Waals surface area contributed by atoms with Gasteiger partial charge >= 0.3 is 0 Å². The van der Waals surface area contributed by atoms with E-state index in [1.807, 2.05) is 6.92 Å². The fourth-order valence-electron chi connectivity index (χ4n) is 3.88. The van der Waals surface area contributed by atoms with Crippen LogP contribution >= 0.6 is 0 Å². The molecule has 17 heavy (non-hydrogen) atoms. The largest absolute Gasteiger partial charge is 0.390 e. The molecule has 2 aliphatic carbocycles. The van der Waals surface area contributed by atoms with Gasteiger partial charge in [-0.2, -0.15) is 0 Å². The van der Waals surface area contributed by atoms with E-state index in [9.17, 15) is 5.11 Å². The molecule has 1 spiro atoms. The molecule has 0 bridgehead atoms. The number of hydrogen-bond acceptors (Lipinski definition) is 3. The van der Waals surface area contributed by atoms with E-state index in [-0.39, 0.29) is 11.2 Å². The van der Waals surface area contributed by atoms with Crippen LogP contribution in [-0.2, 0) is 9.47 Å². The van der Waals surface area contributed by atoms with Gasteiger partial charge in [0.25, 0.3) is 0 Å². The molecule has 1 unspecified atom stereocenters. The Kier molecular flexibility index (Phi) is 2.43. The summed E-state index contributed by atoms with van der Waals surface area (Å²) in [5.74, 6) is 0.860. The van der Waals surface area contributed by atoms with Crippen LogP contribution in [0.2, 0.25) is 0 Å². The van der Waals surface area contributed by atoms with E-state index < -0.39 is 5.60 Å². The van der Waals surface area contributed by atoms with Crippen LogP contribution in [0, 0.1) is 17.3 Å². The van der Waals surface area contributed by atoms with Crippen LogP contribution in [0.25, 0.3) is 0 Å². The summed E-state index contributed by atoms with van der Waals surface area (Å²) >= 11 is 0. The van der Waals surface area contributed by atoms with Crippen molar-refractivity contribution >= 4 is 0 Å². The van der Waals surface area contributed by atoms with Crippen LogP contribution in [0.15, 0.2) is 0 Å². The van der Waals surface area contributed by atoms with E-state index in [2.05, 4.69) is 13.8 Å². The zero-order valence-corrected chi connectivity index (χ0v) is 11.2. The number of hydrogen-bond donors (Lipinski definition) is 1. The Balaban J connectivity index is 1.67. The van der Waals surface area contributed by atoms with E-state index in [1.165, 1.54) is 0 Å². The van der Waals surface area contributed by atoms with Gasteiger partial charge in [0.1, 0.15) is 0 Å². The molecule has 98 valence electrons. The van der Waals surface area contributed by atoms with E-state index in [1.54, 1.807) is 0 Å². The molecule has 1 saturated heterocycles. The average Bonchev–Trinajstić information content (AvgIpc) is 2.62. The summed E-state index contributed by atoms with van der Waals surface area (Å²) in [5.41, 5.74) is -0.306. The normalized spacial score (nSPS) is 47.3. The molecular weight excluding hydrogens is 216 g/mol. The van der Waals surface area contributed by atoms with Gasteiger partial charge in [-0.25, -0.2) is 0 Å². The van der Waals surface area contributed by atoms with Gasteiger partial charge in [-0.15, -0.1) is 0 Å². The Morgan fingerprint density at radius 2 is 1.35 bits per heavy atom. The topological polar surface area (TPSA) is 38.7 Å². The molecular formula is C14H24O3. The zero-order chi connectivity index (χ0) is 12.3. The van der Waals surface area contributed by atoms with Gasteiger partial charge in [0.05, 0.1) is 18.8 Å². The highest BCUT2D eigenvalue weighted by molar-refractivity contribution is 5.01. The fourth-order valence-corrected chi connectivity index (χ4v) is 3.88. The summed E-state index contributed by atoms with van der Waals surface area (Å²) in [6.07, 6.45) is 3.78. The molecule has 3 aliphatic rings. The number of ether oxygens (including phenoxy) is 2. The Bertz CT molecular complexity index is 293. The van der Waals surface area contributed by atoms with E-state index >= 15 is 0 Å². The van der Waals surface area contributed by atoms with Gasteiger partial charge in [-0.05, 0) is 31.6 Å². The predicted octanol–water partition coefficient (Wildman–Crippen LogP) is 2.33. The Hall–Kier alpha value is -0.120. The molecule has 2 saturated carbocycles. The van der Waals surface area contributed by atoms with Gasteiger partial charge in [0.15, 0.2) is 5.79 Å². The molecule has 0 aromatic rings. The van der Waals surface area contributed by atoms with Crippen molar-refractivity contribution in [2.75, 3.05) is 13.2 Å². The summed E-state index contributed by atoms with van der Waals surface area (Å²) in [6.45, 7) is 7.91. The van der Waals surface area contributed by atoms with Crippen LogP contribution < -0.4 is 0 Å². The number of fused-ring (bicyclic) bond motifs is 1. The van der Waals surface area contributed by atoms with Gasteiger partial charge in [0, 0.05) is 18.3 Å². The van der Waals surface area contributed by atoms with Crippen molar-refractivity contribution in [1.82, 2.24) is 0 Å². The van der Waals surface area contributed by atoms with Gasteiger partial charge < -0.3 is 14.6 Å². The molecule has 1 N–H and O–H groups in total. The fraction of sp³-hybridized carbons (Fsp3) is 1.00. The lowest BCUT2D eigenvalue weighted by molar-refractivity contribution is -0.298. The quantitative estimate of drug-likeness (QED) is 0.706. The molecule has 3 rings (SSSR count). The molecule has 1 aliphatic heterocycles. The van der Waals surface area contributed by atoms with E-state index in [0.717, 1.165) is 38.9 Å². The lowest BCUT2D eigenvalue weighted by Gasteiger charge is -2.42. The molecule has 3 fully saturated rings. The molecule has 1 heterocycles. The van der Waals surface area contributed by atoms with Crippen molar-refractivity contribution in [3.8, 4) is 0 Å². The van der Waals surface area contributed by atoms with Gasteiger partial charge in [0.2, 0.25) is 0 Å². The second-order valence-corrected chi connectivity index (χ2v) is 7.49. The van der Waals surface area contributed by atoms with Crippen LogP contribution in [0.4, 0.5) is 0 Å². The Labute approximate surface area is 103 Å². The summed E-state index contributed by atoms with van der Waals surface area (Å²) in [6, 6.07) is 0. The van der Waals surface area contributed by atoms with Crippen molar-refractivity contribution < 1.29 is 14.6 Å². The number of rotatable bonds is 0. The minimum Gasteiger partial charge on any atom is -0.390 e. The van der Waals surface area contributed by atoms with Crippen molar-refractivity contribution in [1.29, 1.82) is 0 Å². The summed E-state index contributed by atoms with van der Waals surface area (Å²) in [7, 11) is 0. The first-order valence-corrected chi connectivity index (χ1v) is 6.80. The third kappa shape index (κ3) is 2.13. The highest BCUT2D eigenvalue weighted by Gasteiger charge is 2.55. The smallest absolute Gasteiger partial charge is 0.168 e. The standard InChI is InChI=1S/C14H24O3/c1-12(2)8-16-14(17-9-12)6-10-4-13(3,15)5-11(10)7-14/h10-11,15H,4-9H2,1-3H3/t10-,11+,13?. The first-order valence-electron chi connectivity index (χ1n) is 6.80. The number of aliphatic hydroxyl groups is 1. The summed E-state index contributed by atoms with van der Waals surface area (Å²) in [5, 5.41) is 10.1. The molecule has 3 heteroatoms. The van der Waals surface area contributed by atoms with Crippen molar-refractivity contribution in [2.24, 2.45) is 17.3 Å². The maximum absolute atomic E-state index is 10.1. The lowest BCUT2D eigenvalue weighted by Crippen LogP contribution is -2.46. The SMILES string of the molecule is CC1(C)COC2(C[C@H]3CC(C)(O)C[C@H]3C2)OC1. The maximum atomic E-state index is 10.1. The summed E-state index contributed by atoms with van der Waals surface area (Å²) < 4.78 is 12.1. The van der Waals surface area contributed by atoms with Crippen molar-refractivity contribution in [2.45, 2.75) is 57.8 Å². The van der Waals surface area contributed by atoms with E-state index in [4.69, 9.17) is 9.47 Å². The van der Waals surface area contributed by atoms with E-state index in [0.29, 0.717) is 11.8 Å². The molecule has 0 aromatic heterocycles. The molecule has 3 nitrogen and oxygen atoms in total. The van der Waals surface area contributed by atoms with Crippen molar-refractivity contribution in [3.63, 3.8) is 0 Å². The predicted molar refractivity (Wildman–Crippen MR) is 64.5 cm³/mol. The monoisotopic (exact) mass is 240 g/mol. The summed E-state index contributed by atoms with van der Waals surface area (Å²) in [4.78, 5) is 0. The lowest BCUT2D eigenvalue weighted by atomic mass is 9.93. The van der Waals surface area contributed by atoms with Crippen LogP contribution in [0.1, 0.15) is 46.5 Å². The Morgan fingerprint density at radius 3 is 1.82 bits per heavy atom. The third-order valence-corrected chi connectivity index (χ3v) is 4.67. The first-order chi connectivity index (χ1) is 7.79. The molecule has 3 atom stereocenters. The molecule has 0 aromatic carbocycles. The second-order valence-electron chi connectivity index (χ2n) is 7.49. The Morgan fingerprint density at radius 1 is 0.882 bits per heavy atom. The van der Waals surface area contributed by atoms with Gasteiger partial charge in [-0.3, -0.25) is 0 Å². The third-order valence-electron chi connectivity index (χ3n) is 4.67. The minimum absolute atomic E-state index is 0.147. The van der Waals surface area contributed by atoms with Gasteiger partial charge in [-0.1, -0.05) is 13.8 Å². The van der Waals surface area contributed by atoms with Crippen LogP contribution in [-0.4, -0.2) is 29.7 Å². The zero-order valence-electron chi connectivity index (χ0n) is 11.2. The highest BCUT2D eigenvalue weighted by atomic mass is 16.7. The molecule has 0 radical (unpaired) electrons. The second kappa shape index (κ2) is 3.46. The van der Waals surface area contributed by atoms with Crippen LogP contribution in [0.3, 0.4) is 0 Å². The van der Waals surface area contributed by atoms with Crippen LogP contribution in [0.5, 0.6) is 0 Å². The first kappa shape index (κ1) is 11.9. The van der Waals surface area contributed by atoms with Crippen molar-refractivity contribution in [3.05, 3.63) is 0 Å². The minimum atomic E-state index is -0.453.